The molecule has 7 heteroatoms. The Kier molecular flexibility index (Phi) is 2.95. The molecule has 0 fully saturated rings. The average molecular weight is 298 g/mol. The van der Waals surface area contributed by atoms with Crippen LogP contribution in [-0.2, 0) is 9.59 Å². The van der Waals surface area contributed by atoms with Crippen LogP contribution in [0.4, 0.5) is 5.69 Å². The molecule has 88 valence electrons. The van der Waals surface area contributed by atoms with Crippen LogP contribution < -0.4 is 16.2 Å². The topological polar surface area (TPSA) is 92.5 Å². The van der Waals surface area contributed by atoms with Crippen molar-refractivity contribution in [1.82, 2.24) is 5.43 Å². The number of hydrogen-bond donors (Lipinski definition) is 2. The number of rotatable bonds is 2. The number of halogens is 1. The quantitative estimate of drug-likeness (QED) is 0.347. The van der Waals surface area contributed by atoms with E-state index in [1.54, 1.807) is 18.2 Å². The molecule has 0 radical (unpaired) electrons. The Morgan fingerprint density at radius 3 is 2.76 bits per heavy atom. The second kappa shape index (κ2) is 4.27. The fraction of sp³-hybridized carbons (Fsp3) is 0.100. The van der Waals surface area contributed by atoms with Crippen LogP contribution in [0.1, 0.15) is 10.4 Å². The minimum Gasteiger partial charge on any atom is -0.295 e. The monoisotopic (exact) mass is 297 g/mol. The van der Waals surface area contributed by atoms with Gasteiger partial charge in [0.05, 0.1) is 11.3 Å². The number of nitrogens with one attached hydrogen (secondary N) is 1. The van der Waals surface area contributed by atoms with Gasteiger partial charge in [0.2, 0.25) is 0 Å². The first-order valence-corrected chi connectivity index (χ1v) is 5.49. The molecule has 17 heavy (non-hydrogen) atoms. The van der Waals surface area contributed by atoms with Crippen molar-refractivity contribution >= 4 is 39.2 Å². The van der Waals surface area contributed by atoms with E-state index in [0.29, 0.717) is 11.3 Å². The molecule has 2 amide bonds. The van der Waals surface area contributed by atoms with Gasteiger partial charge >= 0.3 is 0 Å². The van der Waals surface area contributed by atoms with E-state index in [0.717, 1.165) is 9.37 Å². The maximum absolute atomic E-state index is 11.7. The third-order valence-corrected chi connectivity index (χ3v) is 2.89. The number of fused-ring (bicyclic) bond motifs is 1. The first-order valence-electron chi connectivity index (χ1n) is 4.70. The highest BCUT2D eigenvalue weighted by atomic mass is 79.9. The Morgan fingerprint density at radius 2 is 2.12 bits per heavy atom. The van der Waals surface area contributed by atoms with Crippen LogP contribution >= 0.6 is 15.9 Å². The van der Waals surface area contributed by atoms with Crippen molar-refractivity contribution in [3.05, 3.63) is 28.2 Å². The van der Waals surface area contributed by atoms with E-state index in [1.165, 1.54) is 0 Å². The molecule has 0 atom stereocenters. The summed E-state index contributed by atoms with van der Waals surface area (Å²) in [7, 11) is 0. The van der Waals surface area contributed by atoms with Crippen molar-refractivity contribution in [2.45, 2.75) is 0 Å². The highest BCUT2D eigenvalue weighted by molar-refractivity contribution is 9.10. The van der Waals surface area contributed by atoms with Crippen molar-refractivity contribution in [2.24, 2.45) is 5.84 Å². The number of nitrogens with zero attached hydrogens (tertiary/aromatic N) is 1. The summed E-state index contributed by atoms with van der Waals surface area (Å²) in [5.74, 6) is 3.07. The van der Waals surface area contributed by atoms with Gasteiger partial charge in [0.15, 0.2) is 0 Å². The first kappa shape index (κ1) is 11.7. The smallest absolute Gasteiger partial charge is 0.295 e. The number of amides is 2. The third kappa shape index (κ3) is 1.94. The Hall–Kier alpha value is -1.73. The number of hydrazine groups is 1. The molecule has 1 aromatic carbocycles. The summed E-state index contributed by atoms with van der Waals surface area (Å²) in [5.41, 5.74) is 2.63. The molecule has 6 nitrogen and oxygen atoms in total. The molecule has 0 spiro atoms. The van der Waals surface area contributed by atoms with E-state index in [2.05, 4.69) is 15.9 Å². The Balaban J connectivity index is 2.42. The molecule has 0 saturated carbocycles. The van der Waals surface area contributed by atoms with E-state index in [4.69, 9.17) is 5.84 Å². The number of hydrogen-bond acceptors (Lipinski definition) is 4. The summed E-state index contributed by atoms with van der Waals surface area (Å²) in [5, 5.41) is 0. The molecule has 0 aliphatic carbocycles. The molecule has 3 N–H and O–H groups in total. The maximum atomic E-state index is 11.7. The Bertz CT molecular complexity index is 530. The lowest BCUT2D eigenvalue weighted by atomic mass is 10.1. The predicted molar refractivity (Wildman–Crippen MR) is 63.2 cm³/mol. The van der Waals surface area contributed by atoms with Crippen molar-refractivity contribution in [1.29, 1.82) is 0 Å². The van der Waals surface area contributed by atoms with Crippen LogP contribution in [0.5, 0.6) is 0 Å². The number of carbonyl (C=O) groups is 3. The zero-order valence-corrected chi connectivity index (χ0v) is 10.2. The molecule has 0 aromatic heterocycles. The second-order valence-electron chi connectivity index (χ2n) is 3.45. The van der Waals surface area contributed by atoms with Crippen molar-refractivity contribution in [3.8, 4) is 0 Å². The van der Waals surface area contributed by atoms with Crippen LogP contribution in [0, 0.1) is 0 Å². The predicted octanol–water partition coefficient (Wildman–Crippen LogP) is -0.0317. The van der Waals surface area contributed by atoms with Gasteiger partial charge in [0.25, 0.3) is 17.6 Å². The van der Waals surface area contributed by atoms with Gasteiger partial charge < -0.3 is 0 Å². The van der Waals surface area contributed by atoms with Gasteiger partial charge in [-0.2, -0.15) is 0 Å². The summed E-state index contributed by atoms with van der Waals surface area (Å²) in [4.78, 5) is 35.5. The fourth-order valence-electron chi connectivity index (χ4n) is 1.61. The van der Waals surface area contributed by atoms with Gasteiger partial charge in [-0.15, -0.1) is 0 Å². The lowest BCUT2D eigenvalue weighted by Crippen LogP contribution is -2.42. The number of ketones is 1. The zero-order valence-electron chi connectivity index (χ0n) is 8.57. The van der Waals surface area contributed by atoms with Crippen LogP contribution in [0.2, 0.25) is 0 Å². The van der Waals surface area contributed by atoms with Crippen LogP contribution in [0.3, 0.4) is 0 Å². The van der Waals surface area contributed by atoms with Crippen molar-refractivity contribution < 1.29 is 14.4 Å². The van der Waals surface area contributed by atoms with Gasteiger partial charge in [-0.25, -0.2) is 5.84 Å². The molecule has 1 aliphatic rings. The summed E-state index contributed by atoms with van der Waals surface area (Å²) >= 11 is 3.24. The van der Waals surface area contributed by atoms with Gasteiger partial charge in [0, 0.05) is 4.47 Å². The van der Waals surface area contributed by atoms with Gasteiger partial charge in [-0.1, -0.05) is 15.9 Å². The summed E-state index contributed by atoms with van der Waals surface area (Å²) in [6.07, 6.45) is 0. The van der Waals surface area contributed by atoms with E-state index in [-0.39, 0.29) is 6.54 Å². The highest BCUT2D eigenvalue weighted by Gasteiger charge is 2.36. The number of anilines is 1. The van der Waals surface area contributed by atoms with E-state index in [9.17, 15) is 14.4 Å². The zero-order chi connectivity index (χ0) is 12.6. The van der Waals surface area contributed by atoms with Gasteiger partial charge in [0.1, 0.15) is 6.54 Å². The lowest BCUT2D eigenvalue weighted by molar-refractivity contribution is -0.122. The first-order chi connectivity index (χ1) is 8.04. The lowest BCUT2D eigenvalue weighted by Gasteiger charge is -2.15. The molecule has 0 saturated heterocycles. The molecule has 1 aromatic rings. The molecular weight excluding hydrogens is 290 g/mol. The third-order valence-electron chi connectivity index (χ3n) is 2.40. The van der Waals surface area contributed by atoms with Crippen LogP contribution in [0.15, 0.2) is 22.7 Å². The minimum atomic E-state index is -0.721. The largest absolute Gasteiger partial charge is 0.299 e. The molecule has 2 rings (SSSR count). The number of carbonyl (C=O) groups excluding carboxylic acids is 3. The summed E-state index contributed by atoms with van der Waals surface area (Å²) in [6.45, 7) is -0.273. The molecule has 1 aliphatic heterocycles. The summed E-state index contributed by atoms with van der Waals surface area (Å²) < 4.78 is 0.719. The van der Waals surface area contributed by atoms with Gasteiger partial charge in [-0.05, 0) is 18.2 Å². The Labute approximate surface area is 105 Å². The number of benzene rings is 1. The Morgan fingerprint density at radius 1 is 1.41 bits per heavy atom. The van der Waals surface area contributed by atoms with Gasteiger partial charge in [-0.3, -0.25) is 24.7 Å². The molecule has 1 heterocycles. The molecule has 0 bridgehead atoms. The maximum Gasteiger partial charge on any atom is 0.299 e. The molecular formula is C10H8BrN3O3. The average Bonchev–Trinajstić information content (AvgIpc) is 2.54. The van der Waals surface area contributed by atoms with Crippen molar-refractivity contribution in [2.75, 3.05) is 11.4 Å². The normalized spacial score (nSPS) is 13.9. The van der Waals surface area contributed by atoms with Crippen LogP contribution in [0.25, 0.3) is 0 Å². The summed E-state index contributed by atoms with van der Waals surface area (Å²) in [6, 6.07) is 4.82. The standard InChI is InChI=1S/C10H8BrN3O3/c11-5-1-2-6-7(3-5)14(4-8(15)13-12)10(17)9(6)16/h1-3H,4,12H2,(H,13,15). The minimum absolute atomic E-state index is 0.273. The second-order valence-corrected chi connectivity index (χ2v) is 4.37. The van der Waals surface area contributed by atoms with Crippen LogP contribution in [-0.4, -0.2) is 24.1 Å². The highest BCUT2D eigenvalue weighted by Crippen LogP contribution is 2.31. The number of nitrogens with two attached hydrogens (primary N) is 1. The van der Waals surface area contributed by atoms with E-state index < -0.39 is 17.6 Å². The number of Topliss-reactive ketones (excluding diaryl/α,β-unsaturated/α-hetero) is 1. The fourth-order valence-corrected chi connectivity index (χ4v) is 1.96. The molecule has 0 unspecified atom stereocenters. The van der Waals surface area contributed by atoms with Crippen molar-refractivity contribution in [3.63, 3.8) is 0 Å². The van der Waals surface area contributed by atoms with E-state index in [1.807, 2.05) is 5.43 Å². The SMILES string of the molecule is NNC(=O)CN1C(=O)C(=O)c2ccc(Br)cc21. The van der Waals surface area contributed by atoms with E-state index >= 15 is 0 Å².